The van der Waals surface area contributed by atoms with Crippen molar-refractivity contribution in [2.45, 2.75) is 38.9 Å². The van der Waals surface area contributed by atoms with Gasteiger partial charge in [-0.25, -0.2) is 0 Å². The van der Waals surface area contributed by atoms with Crippen molar-refractivity contribution in [2.24, 2.45) is 5.92 Å². The maximum atomic E-state index is 13.0. The number of carbonyl (C=O) groups is 1. The van der Waals surface area contributed by atoms with Gasteiger partial charge in [0, 0.05) is 42.8 Å². The van der Waals surface area contributed by atoms with E-state index >= 15 is 0 Å². The van der Waals surface area contributed by atoms with Crippen molar-refractivity contribution in [3.8, 4) is 0 Å². The number of thiophene rings is 1. The molecule has 4 rings (SSSR count). The van der Waals surface area contributed by atoms with Crippen LogP contribution in [0.4, 0.5) is 0 Å². The fraction of sp³-hybridized carbons (Fsp3) is 0.571. The molecule has 2 unspecified atom stereocenters. The number of ether oxygens (including phenoxy) is 1. The zero-order valence-corrected chi connectivity index (χ0v) is 17.6. The quantitative estimate of drug-likeness (QED) is 0.751. The normalized spacial score (nSPS) is 25.2. The number of morpholine rings is 1. The second kappa shape index (κ2) is 8.08. The van der Waals surface area contributed by atoms with Gasteiger partial charge in [-0.05, 0) is 38.7 Å². The van der Waals surface area contributed by atoms with Gasteiger partial charge in [-0.15, -0.1) is 11.3 Å². The van der Waals surface area contributed by atoms with Crippen LogP contribution >= 0.6 is 22.9 Å². The maximum Gasteiger partial charge on any atom is 0.265 e. The van der Waals surface area contributed by atoms with E-state index in [0.29, 0.717) is 28.0 Å². The fourth-order valence-corrected chi connectivity index (χ4v) is 5.89. The lowest BCUT2D eigenvalue weighted by Crippen LogP contribution is -2.48. The van der Waals surface area contributed by atoms with E-state index in [9.17, 15) is 4.79 Å². The molecule has 0 radical (unpaired) electrons. The molecule has 0 saturated carbocycles. The van der Waals surface area contributed by atoms with Gasteiger partial charge in [0.1, 0.15) is 4.88 Å². The first-order valence-electron chi connectivity index (χ1n) is 9.85. The number of hydrogen-bond acceptors (Lipinski definition) is 4. The number of benzene rings is 1. The molecular formula is C21H27ClN2O2S. The molecule has 2 atom stereocenters. The Morgan fingerprint density at radius 1 is 1.19 bits per heavy atom. The summed E-state index contributed by atoms with van der Waals surface area (Å²) in [5.74, 6) is 0.748. The zero-order chi connectivity index (χ0) is 19.0. The molecule has 1 aromatic heterocycles. The van der Waals surface area contributed by atoms with Gasteiger partial charge in [-0.2, -0.15) is 0 Å². The molecule has 2 saturated heterocycles. The van der Waals surface area contributed by atoms with Gasteiger partial charge in [-0.1, -0.05) is 29.8 Å². The minimum Gasteiger partial charge on any atom is -0.373 e. The van der Waals surface area contributed by atoms with E-state index in [1.807, 2.05) is 29.2 Å². The monoisotopic (exact) mass is 406 g/mol. The van der Waals surface area contributed by atoms with Crippen LogP contribution < -0.4 is 0 Å². The summed E-state index contributed by atoms with van der Waals surface area (Å²) in [6, 6.07) is 7.97. The van der Waals surface area contributed by atoms with Gasteiger partial charge in [0.15, 0.2) is 0 Å². The zero-order valence-electron chi connectivity index (χ0n) is 16.0. The summed E-state index contributed by atoms with van der Waals surface area (Å²) < 4.78 is 6.91. The Morgan fingerprint density at radius 3 is 2.52 bits per heavy atom. The summed E-state index contributed by atoms with van der Waals surface area (Å²) in [6.07, 6.45) is 2.75. The highest BCUT2D eigenvalue weighted by Gasteiger charge is 2.29. The van der Waals surface area contributed by atoms with Crippen LogP contribution in [0.5, 0.6) is 0 Å². The maximum absolute atomic E-state index is 13.0. The van der Waals surface area contributed by atoms with Crippen LogP contribution in [0.25, 0.3) is 10.1 Å². The van der Waals surface area contributed by atoms with Gasteiger partial charge < -0.3 is 9.64 Å². The molecule has 2 aliphatic rings. The van der Waals surface area contributed by atoms with Gasteiger partial charge in [0.25, 0.3) is 5.91 Å². The molecule has 0 N–H and O–H groups in total. The number of likely N-dealkylation sites (tertiary alicyclic amines) is 1. The Labute approximate surface area is 170 Å². The fourth-order valence-electron chi connectivity index (χ4n) is 4.41. The highest BCUT2D eigenvalue weighted by atomic mass is 35.5. The van der Waals surface area contributed by atoms with E-state index in [1.54, 1.807) is 0 Å². The third kappa shape index (κ3) is 4.16. The standard InChI is InChI=1S/C21H27ClN2O2S/c1-14-11-23(12-15(2)26-14)13-16-7-9-24(10-8-16)21(25)20-19(22)17-5-3-4-6-18(17)27-20/h3-6,14-16H,7-13H2,1-2H3. The average Bonchev–Trinajstić information content (AvgIpc) is 2.98. The summed E-state index contributed by atoms with van der Waals surface area (Å²) >= 11 is 8.01. The molecular weight excluding hydrogens is 380 g/mol. The SMILES string of the molecule is CC1CN(CC2CCN(C(=O)c3sc4ccccc4c3Cl)CC2)CC(C)O1. The number of hydrogen-bond donors (Lipinski definition) is 0. The lowest BCUT2D eigenvalue weighted by Gasteiger charge is -2.39. The Balaban J connectivity index is 1.36. The van der Waals surface area contributed by atoms with Crippen LogP contribution in [-0.4, -0.2) is 60.6 Å². The minimum atomic E-state index is 0.0910. The molecule has 2 aliphatic heterocycles. The first-order valence-corrected chi connectivity index (χ1v) is 11.0. The number of halogens is 1. The van der Waals surface area contributed by atoms with Crippen LogP contribution in [-0.2, 0) is 4.74 Å². The summed E-state index contributed by atoms with van der Waals surface area (Å²) in [5, 5.41) is 1.59. The topological polar surface area (TPSA) is 32.8 Å². The Bertz CT molecular complexity index is 806. The van der Waals surface area contributed by atoms with Crippen molar-refractivity contribution in [2.75, 3.05) is 32.7 Å². The van der Waals surface area contributed by atoms with Crippen LogP contribution in [0, 0.1) is 5.92 Å². The Morgan fingerprint density at radius 2 is 1.85 bits per heavy atom. The van der Waals surface area contributed by atoms with E-state index in [0.717, 1.165) is 55.7 Å². The Kier molecular flexibility index (Phi) is 5.74. The summed E-state index contributed by atoms with van der Waals surface area (Å²) in [5.41, 5.74) is 0. The predicted molar refractivity (Wildman–Crippen MR) is 112 cm³/mol. The lowest BCUT2D eigenvalue weighted by atomic mass is 9.95. The van der Waals surface area contributed by atoms with Gasteiger partial charge >= 0.3 is 0 Å². The number of amides is 1. The van der Waals surface area contributed by atoms with Crippen molar-refractivity contribution >= 4 is 38.9 Å². The molecule has 3 heterocycles. The third-order valence-corrected chi connectivity index (χ3v) is 7.31. The van der Waals surface area contributed by atoms with E-state index in [1.165, 1.54) is 11.3 Å². The van der Waals surface area contributed by atoms with Crippen molar-refractivity contribution in [1.29, 1.82) is 0 Å². The smallest absolute Gasteiger partial charge is 0.265 e. The van der Waals surface area contributed by atoms with Gasteiger partial charge in [-0.3, -0.25) is 9.69 Å². The highest BCUT2D eigenvalue weighted by molar-refractivity contribution is 7.21. The minimum absolute atomic E-state index is 0.0910. The van der Waals surface area contributed by atoms with Crippen LogP contribution in [0.3, 0.4) is 0 Å². The van der Waals surface area contributed by atoms with Crippen LogP contribution in [0.15, 0.2) is 24.3 Å². The van der Waals surface area contributed by atoms with Crippen LogP contribution in [0.1, 0.15) is 36.4 Å². The first kappa shape index (κ1) is 19.2. The summed E-state index contributed by atoms with van der Waals surface area (Å²) in [7, 11) is 0. The second-order valence-corrected chi connectivity index (χ2v) is 9.38. The molecule has 1 amide bonds. The van der Waals surface area contributed by atoms with Gasteiger partial charge in [0.05, 0.1) is 17.2 Å². The number of piperidine rings is 1. The van der Waals surface area contributed by atoms with E-state index in [-0.39, 0.29) is 5.91 Å². The molecule has 6 heteroatoms. The Hall–Kier alpha value is -1.14. The molecule has 0 bridgehead atoms. The van der Waals surface area contributed by atoms with Crippen molar-refractivity contribution < 1.29 is 9.53 Å². The number of nitrogens with zero attached hydrogens (tertiary/aromatic N) is 2. The predicted octanol–water partition coefficient (Wildman–Crippen LogP) is 4.52. The largest absolute Gasteiger partial charge is 0.373 e. The van der Waals surface area contributed by atoms with Crippen molar-refractivity contribution in [1.82, 2.24) is 9.80 Å². The molecule has 146 valence electrons. The summed E-state index contributed by atoms with van der Waals surface area (Å²) in [4.78, 5) is 18.2. The number of fused-ring (bicyclic) bond motifs is 1. The second-order valence-electron chi connectivity index (χ2n) is 7.95. The van der Waals surface area contributed by atoms with E-state index < -0.39 is 0 Å². The van der Waals surface area contributed by atoms with E-state index in [2.05, 4.69) is 18.7 Å². The number of carbonyl (C=O) groups excluding carboxylic acids is 1. The molecule has 0 spiro atoms. The molecule has 27 heavy (non-hydrogen) atoms. The molecule has 4 nitrogen and oxygen atoms in total. The third-order valence-electron chi connectivity index (χ3n) is 5.64. The van der Waals surface area contributed by atoms with Crippen molar-refractivity contribution in [3.63, 3.8) is 0 Å². The van der Waals surface area contributed by atoms with Crippen LogP contribution in [0.2, 0.25) is 5.02 Å². The first-order chi connectivity index (χ1) is 13.0. The van der Waals surface area contributed by atoms with Crippen molar-refractivity contribution in [3.05, 3.63) is 34.2 Å². The molecule has 2 fully saturated rings. The molecule has 1 aromatic carbocycles. The molecule has 2 aromatic rings. The van der Waals surface area contributed by atoms with Gasteiger partial charge in [0.2, 0.25) is 0 Å². The average molecular weight is 407 g/mol. The lowest BCUT2D eigenvalue weighted by molar-refractivity contribution is -0.0728. The molecule has 0 aliphatic carbocycles. The highest BCUT2D eigenvalue weighted by Crippen LogP contribution is 2.36. The number of rotatable bonds is 3. The van der Waals surface area contributed by atoms with E-state index in [4.69, 9.17) is 16.3 Å². The summed E-state index contributed by atoms with van der Waals surface area (Å²) in [6.45, 7) is 9.09.